The molecular weight excluding hydrogens is 395 g/mol. The maximum absolute atomic E-state index is 13.5. The van der Waals surface area contributed by atoms with Gasteiger partial charge in [0.25, 0.3) is 0 Å². The lowest BCUT2D eigenvalue weighted by atomic mass is 10.1. The van der Waals surface area contributed by atoms with Gasteiger partial charge in [-0.3, -0.25) is 0 Å². The number of aromatic nitrogens is 4. The van der Waals surface area contributed by atoms with E-state index < -0.39 is 24.2 Å². The lowest BCUT2D eigenvalue weighted by Gasteiger charge is -2.28. The van der Waals surface area contributed by atoms with Gasteiger partial charge in [-0.15, -0.1) is 0 Å². The summed E-state index contributed by atoms with van der Waals surface area (Å²) in [6.45, 7) is 2.42. The Morgan fingerprint density at radius 2 is 1.86 bits per heavy atom. The van der Waals surface area contributed by atoms with Crippen LogP contribution in [0.15, 0.2) is 12.3 Å². The molecule has 29 heavy (non-hydrogen) atoms. The normalized spacial score (nSPS) is 20.3. The molecule has 1 unspecified atom stereocenters. The van der Waals surface area contributed by atoms with Crippen LogP contribution in [0, 0.1) is 0 Å². The quantitative estimate of drug-likeness (QED) is 0.735. The molecule has 156 valence electrons. The average Bonchev–Trinajstić information content (AvgIpc) is 3.13. The van der Waals surface area contributed by atoms with Crippen molar-refractivity contribution < 1.29 is 27.8 Å². The van der Waals surface area contributed by atoms with Gasteiger partial charge in [0.05, 0.1) is 25.5 Å². The van der Waals surface area contributed by atoms with Gasteiger partial charge in [-0.1, -0.05) is 0 Å². The molecule has 2 fully saturated rings. The Labute approximate surface area is 163 Å². The average molecular weight is 413 g/mol. The summed E-state index contributed by atoms with van der Waals surface area (Å²) in [5, 5.41) is 10.0. The van der Waals surface area contributed by atoms with Crippen LogP contribution in [0.1, 0.15) is 5.69 Å². The molecule has 0 amide bonds. The zero-order chi connectivity index (χ0) is 20.6. The summed E-state index contributed by atoms with van der Waals surface area (Å²) < 4.78 is 51.1. The van der Waals surface area contributed by atoms with E-state index in [2.05, 4.69) is 19.9 Å². The summed E-state index contributed by atoms with van der Waals surface area (Å²) in [5.74, 6) is -0.0524. The Hall–Kier alpha value is -2.77. The number of nitrogens with zero attached hydrogens (tertiary/aromatic N) is 6. The molecule has 3 N–H and O–H groups in total. The summed E-state index contributed by atoms with van der Waals surface area (Å²) in [6, 6.07) is 1.34. The van der Waals surface area contributed by atoms with Crippen molar-refractivity contribution in [3.63, 3.8) is 0 Å². The number of aliphatic hydroxyl groups is 1. The lowest BCUT2D eigenvalue weighted by Crippen LogP contribution is -2.38. The molecule has 4 heterocycles. The van der Waals surface area contributed by atoms with E-state index in [0.717, 1.165) is 6.20 Å². The van der Waals surface area contributed by atoms with Crippen molar-refractivity contribution in [2.45, 2.75) is 12.6 Å². The Kier molecular flexibility index (Phi) is 5.10. The second-order valence-electron chi connectivity index (χ2n) is 6.39. The van der Waals surface area contributed by atoms with Crippen LogP contribution in [0.3, 0.4) is 0 Å². The van der Waals surface area contributed by atoms with Crippen LogP contribution in [0.25, 0.3) is 11.3 Å². The number of aliphatic hydroxyl groups excluding tert-OH is 1. The molecule has 10 nitrogen and oxygen atoms in total. The van der Waals surface area contributed by atoms with Crippen LogP contribution in [0.2, 0.25) is 0 Å². The third-order valence-corrected chi connectivity index (χ3v) is 4.51. The highest BCUT2D eigenvalue weighted by atomic mass is 19.4. The predicted molar refractivity (Wildman–Crippen MR) is 94.8 cm³/mol. The van der Waals surface area contributed by atoms with Gasteiger partial charge in [0.1, 0.15) is 5.82 Å². The topological polar surface area (TPSA) is 123 Å². The van der Waals surface area contributed by atoms with Crippen LogP contribution in [-0.4, -0.2) is 70.9 Å². The van der Waals surface area contributed by atoms with E-state index in [0.29, 0.717) is 32.8 Å². The number of rotatable bonds is 3. The second-order valence-corrected chi connectivity index (χ2v) is 6.39. The number of halogens is 3. The Bertz CT molecular complexity index is 893. The van der Waals surface area contributed by atoms with E-state index in [4.69, 9.17) is 15.2 Å². The minimum Gasteiger partial charge on any atom is -0.378 e. The predicted octanol–water partition coefficient (Wildman–Crippen LogP) is 0.484. The number of hydrogen-bond donors (Lipinski definition) is 2. The first-order valence-corrected chi connectivity index (χ1v) is 8.81. The molecule has 2 aliphatic rings. The molecule has 2 saturated heterocycles. The smallest absolute Gasteiger partial charge is 0.378 e. The van der Waals surface area contributed by atoms with E-state index in [1.165, 1.54) is 11.0 Å². The van der Waals surface area contributed by atoms with E-state index in [1.54, 1.807) is 4.90 Å². The molecule has 2 aromatic heterocycles. The van der Waals surface area contributed by atoms with Crippen molar-refractivity contribution in [2.75, 3.05) is 55.0 Å². The third-order valence-electron chi connectivity index (χ3n) is 4.51. The molecule has 13 heteroatoms. The first kappa shape index (κ1) is 19.5. The highest BCUT2D eigenvalue weighted by Gasteiger charge is 2.37. The van der Waals surface area contributed by atoms with E-state index >= 15 is 0 Å². The van der Waals surface area contributed by atoms with Crippen LogP contribution in [0.4, 0.5) is 30.9 Å². The molecule has 1 atom stereocenters. The van der Waals surface area contributed by atoms with Gasteiger partial charge in [0.15, 0.2) is 5.69 Å². The monoisotopic (exact) mass is 413 g/mol. The fraction of sp³-hybridized carbons (Fsp3) is 0.500. The Morgan fingerprint density at radius 3 is 2.52 bits per heavy atom. The zero-order valence-electron chi connectivity index (χ0n) is 15.1. The van der Waals surface area contributed by atoms with Crippen LogP contribution in [-0.2, 0) is 15.7 Å². The summed E-state index contributed by atoms with van der Waals surface area (Å²) in [6.07, 6.45) is -5.02. The molecule has 2 aromatic rings. The number of ether oxygens (including phenoxy) is 2. The summed E-state index contributed by atoms with van der Waals surface area (Å²) in [4.78, 5) is 19.0. The summed E-state index contributed by atoms with van der Waals surface area (Å²) in [7, 11) is 0. The van der Waals surface area contributed by atoms with Crippen LogP contribution >= 0.6 is 0 Å². The molecule has 2 aliphatic heterocycles. The van der Waals surface area contributed by atoms with Gasteiger partial charge in [-0.2, -0.15) is 18.2 Å². The number of nitrogen functional groups attached to an aromatic ring is 1. The highest BCUT2D eigenvalue weighted by molar-refractivity contribution is 5.67. The number of anilines is 3. The fourth-order valence-corrected chi connectivity index (χ4v) is 3.10. The maximum Gasteiger partial charge on any atom is 0.434 e. The second kappa shape index (κ2) is 7.57. The van der Waals surface area contributed by atoms with E-state index in [-0.39, 0.29) is 29.6 Å². The Balaban J connectivity index is 1.84. The van der Waals surface area contributed by atoms with Gasteiger partial charge < -0.3 is 30.1 Å². The highest BCUT2D eigenvalue weighted by Crippen LogP contribution is 2.36. The number of nitrogens with two attached hydrogens (primary N) is 1. The van der Waals surface area contributed by atoms with E-state index in [9.17, 15) is 18.3 Å². The minimum absolute atomic E-state index is 0.0390. The number of hydrogen-bond acceptors (Lipinski definition) is 10. The molecular formula is C16H18F3N7O3. The largest absolute Gasteiger partial charge is 0.434 e. The van der Waals surface area contributed by atoms with Gasteiger partial charge in [0.2, 0.25) is 18.3 Å². The van der Waals surface area contributed by atoms with Crippen molar-refractivity contribution in [2.24, 2.45) is 0 Å². The van der Waals surface area contributed by atoms with Crippen LogP contribution < -0.4 is 15.5 Å². The molecule has 0 bridgehead atoms. The van der Waals surface area contributed by atoms with Crippen molar-refractivity contribution >= 4 is 17.7 Å². The van der Waals surface area contributed by atoms with Crippen LogP contribution in [0.5, 0.6) is 0 Å². The summed E-state index contributed by atoms with van der Waals surface area (Å²) >= 11 is 0. The van der Waals surface area contributed by atoms with Gasteiger partial charge in [0, 0.05) is 37.5 Å². The molecule has 0 aliphatic carbocycles. The Morgan fingerprint density at radius 1 is 1.10 bits per heavy atom. The van der Waals surface area contributed by atoms with Crippen molar-refractivity contribution in [1.82, 2.24) is 19.9 Å². The number of morpholine rings is 1. The summed E-state index contributed by atoms with van der Waals surface area (Å²) in [5.41, 5.74) is 3.80. The number of alkyl halides is 3. The maximum atomic E-state index is 13.5. The van der Waals surface area contributed by atoms with Gasteiger partial charge in [-0.25, -0.2) is 15.0 Å². The molecule has 0 saturated carbocycles. The first-order chi connectivity index (χ1) is 13.8. The van der Waals surface area contributed by atoms with Gasteiger partial charge >= 0.3 is 6.18 Å². The van der Waals surface area contributed by atoms with Crippen molar-refractivity contribution in [1.29, 1.82) is 0 Å². The fourth-order valence-electron chi connectivity index (χ4n) is 3.10. The molecule has 4 rings (SSSR count). The van der Waals surface area contributed by atoms with Crippen molar-refractivity contribution in [3.05, 3.63) is 18.0 Å². The molecule has 0 spiro atoms. The third kappa shape index (κ3) is 4.02. The first-order valence-electron chi connectivity index (χ1n) is 8.81. The van der Waals surface area contributed by atoms with Crippen molar-refractivity contribution in [3.8, 4) is 11.3 Å². The SMILES string of the molecule is Nc1ncc(-c2cc(N3CCOC3O)nc(N3CCOCC3)n2)c(C(F)(F)F)n1. The lowest BCUT2D eigenvalue weighted by molar-refractivity contribution is -0.140. The molecule has 0 radical (unpaired) electrons. The van der Waals surface area contributed by atoms with Gasteiger partial charge in [-0.05, 0) is 0 Å². The zero-order valence-corrected chi connectivity index (χ0v) is 15.1. The minimum atomic E-state index is -4.76. The van der Waals surface area contributed by atoms with E-state index in [1.807, 2.05) is 0 Å². The standard InChI is InChI=1S/C16H18F3N7O3/c17-16(18,19)12-9(8-21-13(20)24-12)10-7-11(26-3-6-29-15(26)27)23-14(22-10)25-1-4-28-5-2-25/h7-8,15,27H,1-6H2,(H2,20,21,24). The molecule has 0 aromatic carbocycles.